The van der Waals surface area contributed by atoms with Crippen LogP contribution in [-0.2, 0) is 28.6 Å². The summed E-state index contributed by atoms with van der Waals surface area (Å²) in [4.78, 5) is 35.4. The van der Waals surface area contributed by atoms with Crippen molar-refractivity contribution in [3.63, 3.8) is 0 Å². The highest BCUT2D eigenvalue weighted by molar-refractivity contribution is 5.91. The van der Waals surface area contributed by atoms with Crippen LogP contribution in [0.4, 0.5) is 26.3 Å². The fourth-order valence-electron chi connectivity index (χ4n) is 2.54. The van der Waals surface area contributed by atoms with E-state index >= 15 is 0 Å². The zero-order valence-corrected chi connectivity index (χ0v) is 18.9. The summed E-state index contributed by atoms with van der Waals surface area (Å²) >= 11 is 0. The zero-order chi connectivity index (χ0) is 25.5. The molecule has 0 amide bonds. The van der Waals surface area contributed by atoms with Crippen LogP contribution in [0.2, 0.25) is 0 Å². The minimum Gasteiger partial charge on any atom is -0.442 e. The number of ether oxygens (including phenoxy) is 3. The number of carbonyl (C=O) groups excluding carboxylic acids is 3. The Balaban J connectivity index is 4.89. The number of alkyl halides is 6. The summed E-state index contributed by atoms with van der Waals surface area (Å²) in [5, 5.41) is 0. The molecule has 0 radical (unpaired) electrons. The fraction of sp³-hybridized carbons (Fsp3) is 0.850. The molecule has 0 bridgehead atoms. The van der Waals surface area contributed by atoms with Crippen LogP contribution >= 0.6 is 0 Å². The molecule has 0 aromatic rings. The van der Waals surface area contributed by atoms with Crippen LogP contribution in [0.1, 0.15) is 67.2 Å². The normalized spacial score (nSPS) is 14.2. The van der Waals surface area contributed by atoms with E-state index in [-0.39, 0.29) is 5.41 Å². The van der Waals surface area contributed by atoms with E-state index in [2.05, 4.69) is 9.47 Å². The summed E-state index contributed by atoms with van der Waals surface area (Å²) in [6, 6.07) is 0. The van der Waals surface area contributed by atoms with Gasteiger partial charge in [-0.05, 0) is 17.3 Å². The molecule has 12 heteroatoms. The highest BCUT2D eigenvalue weighted by atomic mass is 19.4. The van der Waals surface area contributed by atoms with Gasteiger partial charge in [-0.25, -0.2) is 0 Å². The molecule has 0 rings (SSSR count). The molecule has 0 aliphatic heterocycles. The van der Waals surface area contributed by atoms with E-state index < -0.39 is 60.9 Å². The predicted molar refractivity (Wildman–Crippen MR) is 99.9 cm³/mol. The summed E-state index contributed by atoms with van der Waals surface area (Å²) in [6.45, 7) is 10.6. The average molecular weight is 480 g/mol. The van der Waals surface area contributed by atoms with Crippen LogP contribution in [-0.4, -0.2) is 43.2 Å². The Hall–Kier alpha value is -2.01. The fourth-order valence-corrected chi connectivity index (χ4v) is 2.54. The molecule has 0 aromatic carbocycles. The highest BCUT2D eigenvalue weighted by Crippen LogP contribution is 2.41. The first kappa shape index (κ1) is 30.0. The van der Waals surface area contributed by atoms with E-state index in [1.165, 1.54) is 0 Å². The molecular weight excluding hydrogens is 450 g/mol. The molecule has 32 heavy (non-hydrogen) atoms. The van der Waals surface area contributed by atoms with E-state index in [9.17, 15) is 40.7 Å². The van der Waals surface area contributed by atoms with Crippen molar-refractivity contribution >= 4 is 17.9 Å². The maximum atomic E-state index is 12.6. The third kappa shape index (κ3) is 10.1. The van der Waals surface area contributed by atoms with Crippen molar-refractivity contribution in [2.45, 2.75) is 85.7 Å². The van der Waals surface area contributed by atoms with E-state index in [1.807, 2.05) is 41.5 Å². The Kier molecular flexibility index (Phi) is 10.5. The lowest BCUT2D eigenvalue weighted by Gasteiger charge is -2.36. The monoisotopic (exact) mass is 480 g/mol. The quantitative estimate of drug-likeness (QED) is 0.172. The number of halogens is 6. The summed E-state index contributed by atoms with van der Waals surface area (Å²) in [7, 11) is 0. The molecular formula is C20H30F6O6. The van der Waals surface area contributed by atoms with Gasteiger partial charge in [0.15, 0.2) is 0 Å². The third-order valence-corrected chi connectivity index (χ3v) is 5.41. The first-order valence-electron chi connectivity index (χ1n) is 9.92. The van der Waals surface area contributed by atoms with Gasteiger partial charge in [0.1, 0.15) is 6.42 Å². The van der Waals surface area contributed by atoms with Crippen LogP contribution in [0, 0.1) is 16.7 Å². The molecule has 0 N–H and O–H groups in total. The van der Waals surface area contributed by atoms with E-state index in [1.54, 1.807) is 0 Å². The second kappa shape index (κ2) is 11.2. The average Bonchev–Trinajstić information content (AvgIpc) is 2.62. The van der Waals surface area contributed by atoms with Crippen LogP contribution in [0.15, 0.2) is 0 Å². The van der Waals surface area contributed by atoms with Gasteiger partial charge in [0.25, 0.3) is 6.10 Å². The smallest absolute Gasteiger partial charge is 0.434 e. The predicted octanol–water partition coefficient (Wildman–Crippen LogP) is 5.34. The molecule has 0 aliphatic rings. The summed E-state index contributed by atoms with van der Waals surface area (Å²) in [6.07, 6.45) is -15.8. The Labute approximate surface area is 182 Å². The minimum atomic E-state index is -5.90. The summed E-state index contributed by atoms with van der Waals surface area (Å²) in [5.74, 6) is -4.84. The molecule has 6 nitrogen and oxygen atoms in total. The molecule has 1 atom stereocenters. The topological polar surface area (TPSA) is 78.9 Å². The van der Waals surface area contributed by atoms with Crippen LogP contribution < -0.4 is 0 Å². The van der Waals surface area contributed by atoms with Crippen LogP contribution in [0.5, 0.6) is 0 Å². The first-order chi connectivity index (χ1) is 14.3. The molecule has 0 aromatic heterocycles. The van der Waals surface area contributed by atoms with Crippen LogP contribution in [0.25, 0.3) is 0 Å². The van der Waals surface area contributed by atoms with Crippen molar-refractivity contribution in [3.05, 3.63) is 0 Å². The van der Waals surface area contributed by atoms with Gasteiger partial charge in [0, 0.05) is 0 Å². The third-order valence-electron chi connectivity index (χ3n) is 5.41. The van der Waals surface area contributed by atoms with Crippen molar-refractivity contribution in [1.82, 2.24) is 0 Å². The standard InChI is InChI=1S/C20H30F6O6/c1-7-17(3,4)10-12(18(5,6)8-2)15(29)31-11-30-13(27)9-14(28)32-16(19(21,22)23)20(24,25)26/h12,16H,7-11H2,1-6H3. The molecule has 0 saturated carbocycles. The molecule has 0 saturated heterocycles. The van der Waals surface area contributed by atoms with Gasteiger partial charge in [-0.15, -0.1) is 0 Å². The maximum Gasteiger partial charge on any atom is 0.434 e. The number of esters is 3. The second-order valence-electron chi connectivity index (χ2n) is 8.84. The van der Waals surface area contributed by atoms with E-state index in [0.29, 0.717) is 12.8 Å². The maximum absolute atomic E-state index is 12.6. The van der Waals surface area contributed by atoms with Crippen molar-refractivity contribution < 1.29 is 54.9 Å². The molecule has 0 fully saturated rings. The SMILES string of the molecule is CCC(C)(C)CC(C(=O)OCOC(=O)CC(=O)OC(C(F)(F)F)C(F)(F)F)C(C)(C)CC. The van der Waals surface area contributed by atoms with Gasteiger partial charge in [-0.3, -0.25) is 14.4 Å². The Morgan fingerprint density at radius 2 is 1.28 bits per heavy atom. The Bertz CT molecular complexity index is 640. The van der Waals surface area contributed by atoms with Crippen molar-refractivity contribution in [3.8, 4) is 0 Å². The van der Waals surface area contributed by atoms with Crippen molar-refractivity contribution in [2.24, 2.45) is 16.7 Å². The molecule has 188 valence electrons. The van der Waals surface area contributed by atoms with E-state index in [0.717, 1.165) is 6.42 Å². The second-order valence-corrected chi connectivity index (χ2v) is 8.84. The van der Waals surface area contributed by atoms with Crippen molar-refractivity contribution in [2.75, 3.05) is 6.79 Å². The number of hydrogen-bond donors (Lipinski definition) is 0. The number of hydrogen-bond acceptors (Lipinski definition) is 6. The highest BCUT2D eigenvalue weighted by Gasteiger charge is 2.60. The van der Waals surface area contributed by atoms with Gasteiger partial charge >= 0.3 is 30.3 Å². The Morgan fingerprint density at radius 1 is 0.781 bits per heavy atom. The minimum absolute atomic E-state index is 0.190. The van der Waals surface area contributed by atoms with Crippen LogP contribution in [0.3, 0.4) is 0 Å². The molecule has 0 spiro atoms. The summed E-state index contributed by atoms with van der Waals surface area (Å²) < 4.78 is 87.0. The molecule has 1 unspecified atom stereocenters. The van der Waals surface area contributed by atoms with Gasteiger partial charge in [-0.1, -0.05) is 54.4 Å². The lowest BCUT2D eigenvalue weighted by atomic mass is 9.68. The summed E-state index contributed by atoms with van der Waals surface area (Å²) in [5.41, 5.74) is -0.647. The first-order valence-corrected chi connectivity index (χ1v) is 9.92. The van der Waals surface area contributed by atoms with Gasteiger partial charge < -0.3 is 14.2 Å². The Morgan fingerprint density at radius 3 is 1.69 bits per heavy atom. The number of rotatable bonds is 11. The van der Waals surface area contributed by atoms with Gasteiger partial charge in [-0.2, -0.15) is 26.3 Å². The lowest BCUT2D eigenvalue weighted by molar-refractivity contribution is -0.313. The largest absolute Gasteiger partial charge is 0.442 e. The van der Waals surface area contributed by atoms with Gasteiger partial charge in [0.05, 0.1) is 5.92 Å². The lowest BCUT2D eigenvalue weighted by Crippen LogP contribution is -2.45. The number of carbonyl (C=O) groups is 3. The molecule has 0 aliphatic carbocycles. The van der Waals surface area contributed by atoms with Crippen molar-refractivity contribution in [1.29, 1.82) is 0 Å². The zero-order valence-electron chi connectivity index (χ0n) is 18.9. The van der Waals surface area contributed by atoms with Gasteiger partial charge in [0.2, 0.25) is 6.79 Å². The molecule has 0 heterocycles. The van der Waals surface area contributed by atoms with E-state index in [4.69, 9.17) is 4.74 Å².